The van der Waals surface area contributed by atoms with E-state index in [2.05, 4.69) is 39.5 Å². The average molecular weight is 213 g/mol. The Hall–Kier alpha value is -0.0400. The Balaban J connectivity index is 0.000000921. The van der Waals surface area contributed by atoms with Gasteiger partial charge in [0.1, 0.15) is 0 Å². The van der Waals surface area contributed by atoms with Gasteiger partial charge in [0.25, 0.3) is 0 Å². The molecule has 2 unspecified atom stereocenters. The van der Waals surface area contributed by atoms with Crippen molar-refractivity contribution in [1.82, 2.24) is 4.90 Å². The van der Waals surface area contributed by atoms with E-state index in [9.17, 15) is 0 Å². The van der Waals surface area contributed by atoms with E-state index in [1.807, 2.05) is 13.8 Å². The molecule has 0 radical (unpaired) electrons. The summed E-state index contributed by atoms with van der Waals surface area (Å²) in [6, 6.07) is 0.783. The van der Waals surface area contributed by atoms with Gasteiger partial charge in [0.05, 0.1) is 0 Å². The molecule has 15 heavy (non-hydrogen) atoms. The van der Waals surface area contributed by atoms with Gasteiger partial charge in [0, 0.05) is 6.04 Å². The van der Waals surface area contributed by atoms with Crippen LogP contribution in [0.25, 0.3) is 0 Å². The van der Waals surface area contributed by atoms with E-state index < -0.39 is 0 Å². The second-order valence-electron chi connectivity index (χ2n) is 5.24. The molecule has 0 aromatic carbocycles. The van der Waals surface area contributed by atoms with Crippen LogP contribution in [0.15, 0.2) is 0 Å². The van der Waals surface area contributed by atoms with Crippen LogP contribution in [-0.4, -0.2) is 24.0 Å². The van der Waals surface area contributed by atoms with E-state index in [4.69, 9.17) is 0 Å². The van der Waals surface area contributed by atoms with Crippen LogP contribution < -0.4 is 0 Å². The monoisotopic (exact) mass is 213 g/mol. The summed E-state index contributed by atoms with van der Waals surface area (Å²) in [5.41, 5.74) is 0.588. The SMILES string of the molecule is CC.CCN1CCC(C)(C(C)C)CC1C. The fourth-order valence-electron chi connectivity index (χ4n) is 2.52. The molecule has 1 aliphatic rings. The molecule has 0 aliphatic carbocycles. The summed E-state index contributed by atoms with van der Waals surface area (Å²) in [6.45, 7) is 18.4. The summed E-state index contributed by atoms with van der Waals surface area (Å²) in [4.78, 5) is 2.60. The molecule has 2 atom stereocenters. The normalized spacial score (nSPS) is 32.4. The first-order chi connectivity index (χ1) is 6.99. The smallest absolute Gasteiger partial charge is 0.00721 e. The maximum Gasteiger partial charge on any atom is 0.00721 e. The summed E-state index contributed by atoms with van der Waals surface area (Å²) in [6.07, 6.45) is 2.75. The van der Waals surface area contributed by atoms with Crippen molar-refractivity contribution in [2.45, 2.75) is 67.3 Å². The summed E-state index contributed by atoms with van der Waals surface area (Å²) >= 11 is 0. The van der Waals surface area contributed by atoms with Gasteiger partial charge in [0.15, 0.2) is 0 Å². The van der Waals surface area contributed by atoms with Gasteiger partial charge in [-0.3, -0.25) is 0 Å². The maximum absolute atomic E-state index is 2.60. The van der Waals surface area contributed by atoms with Gasteiger partial charge in [-0.05, 0) is 44.2 Å². The van der Waals surface area contributed by atoms with Gasteiger partial charge in [-0.15, -0.1) is 0 Å². The van der Waals surface area contributed by atoms with E-state index in [0.29, 0.717) is 5.41 Å². The minimum absolute atomic E-state index is 0.588. The first-order valence-electron chi connectivity index (χ1n) is 6.73. The largest absolute Gasteiger partial charge is 0.301 e. The fourth-order valence-corrected chi connectivity index (χ4v) is 2.52. The van der Waals surface area contributed by atoms with Crippen LogP contribution >= 0.6 is 0 Å². The number of hydrogen-bond acceptors (Lipinski definition) is 1. The summed E-state index contributed by atoms with van der Waals surface area (Å²) in [7, 11) is 0. The molecule has 1 heteroatoms. The van der Waals surface area contributed by atoms with Gasteiger partial charge in [0.2, 0.25) is 0 Å². The summed E-state index contributed by atoms with van der Waals surface area (Å²) in [5.74, 6) is 0.828. The van der Waals surface area contributed by atoms with E-state index in [1.165, 1.54) is 25.9 Å². The Morgan fingerprint density at radius 3 is 2.20 bits per heavy atom. The molecule has 1 saturated heterocycles. The van der Waals surface area contributed by atoms with E-state index in [0.717, 1.165) is 12.0 Å². The first-order valence-corrected chi connectivity index (χ1v) is 6.73. The zero-order valence-corrected chi connectivity index (χ0v) is 11.9. The molecule has 0 aromatic heterocycles. The van der Waals surface area contributed by atoms with Crippen molar-refractivity contribution in [2.75, 3.05) is 13.1 Å². The van der Waals surface area contributed by atoms with E-state index >= 15 is 0 Å². The van der Waals surface area contributed by atoms with Crippen LogP contribution in [0.4, 0.5) is 0 Å². The van der Waals surface area contributed by atoms with Crippen molar-refractivity contribution in [3.05, 3.63) is 0 Å². The number of likely N-dealkylation sites (tertiary alicyclic amines) is 1. The topological polar surface area (TPSA) is 3.24 Å². The van der Waals surface area contributed by atoms with Crippen LogP contribution in [-0.2, 0) is 0 Å². The highest BCUT2D eigenvalue weighted by atomic mass is 15.2. The van der Waals surface area contributed by atoms with Crippen molar-refractivity contribution in [3.63, 3.8) is 0 Å². The number of nitrogens with zero attached hydrogens (tertiary/aromatic N) is 1. The molecular formula is C14H31N. The van der Waals surface area contributed by atoms with Crippen molar-refractivity contribution in [2.24, 2.45) is 11.3 Å². The molecule has 0 N–H and O–H groups in total. The second-order valence-corrected chi connectivity index (χ2v) is 5.24. The Labute approximate surface area is 97.2 Å². The Morgan fingerprint density at radius 1 is 1.33 bits per heavy atom. The van der Waals surface area contributed by atoms with Crippen LogP contribution in [0.5, 0.6) is 0 Å². The Kier molecular flexibility index (Phi) is 6.51. The number of hydrogen-bond donors (Lipinski definition) is 0. The summed E-state index contributed by atoms with van der Waals surface area (Å²) < 4.78 is 0. The van der Waals surface area contributed by atoms with Gasteiger partial charge in [-0.25, -0.2) is 0 Å². The van der Waals surface area contributed by atoms with Crippen LogP contribution in [0.2, 0.25) is 0 Å². The predicted octanol–water partition coefficient (Wildman–Crippen LogP) is 4.18. The first kappa shape index (κ1) is 15.0. The Morgan fingerprint density at radius 2 is 1.87 bits per heavy atom. The highest BCUT2D eigenvalue weighted by Crippen LogP contribution is 2.40. The van der Waals surface area contributed by atoms with Gasteiger partial charge < -0.3 is 4.90 Å². The molecule has 92 valence electrons. The van der Waals surface area contributed by atoms with Crippen LogP contribution in [0.1, 0.15) is 61.3 Å². The number of piperidine rings is 1. The van der Waals surface area contributed by atoms with Crippen molar-refractivity contribution in [1.29, 1.82) is 0 Å². The molecule has 0 saturated carbocycles. The number of rotatable bonds is 2. The highest BCUT2D eigenvalue weighted by Gasteiger charge is 2.35. The van der Waals surface area contributed by atoms with Gasteiger partial charge in [-0.2, -0.15) is 0 Å². The lowest BCUT2D eigenvalue weighted by molar-refractivity contribution is 0.0412. The third-order valence-electron chi connectivity index (χ3n) is 4.16. The minimum Gasteiger partial charge on any atom is -0.301 e. The molecule has 1 nitrogen and oxygen atoms in total. The van der Waals surface area contributed by atoms with Crippen molar-refractivity contribution < 1.29 is 0 Å². The second kappa shape index (κ2) is 6.52. The van der Waals surface area contributed by atoms with E-state index in [-0.39, 0.29) is 0 Å². The zero-order valence-electron chi connectivity index (χ0n) is 11.9. The average Bonchev–Trinajstić information content (AvgIpc) is 2.21. The molecule has 1 fully saturated rings. The quantitative estimate of drug-likeness (QED) is 0.665. The van der Waals surface area contributed by atoms with Gasteiger partial charge in [-0.1, -0.05) is 41.5 Å². The van der Waals surface area contributed by atoms with Crippen molar-refractivity contribution in [3.8, 4) is 0 Å². The molecule has 0 spiro atoms. The Bertz CT molecular complexity index is 165. The third-order valence-corrected chi connectivity index (χ3v) is 4.16. The lowest BCUT2D eigenvalue weighted by atomic mass is 9.70. The lowest BCUT2D eigenvalue weighted by Gasteiger charge is -2.46. The van der Waals surface area contributed by atoms with Crippen molar-refractivity contribution >= 4 is 0 Å². The fraction of sp³-hybridized carbons (Fsp3) is 1.00. The molecule has 0 bridgehead atoms. The predicted molar refractivity (Wildman–Crippen MR) is 70.2 cm³/mol. The minimum atomic E-state index is 0.588. The molecule has 1 rings (SSSR count). The zero-order chi connectivity index (χ0) is 12.1. The molecule has 0 aromatic rings. The standard InChI is InChI=1S/C12H25N.C2H6/c1-6-13-8-7-12(5,10(2)3)9-11(13)4;1-2/h10-11H,6-9H2,1-5H3;1-2H3. The third kappa shape index (κ3) is 3.79. The summed E-state index contributed by atoms with van der Waals surface area (Å²) in [5, 5.41) is 0. The highest BCUT2D eigenvalue weighted by molar-refractivity contribution is 4.88. The molecule has 1 heterocycles. The molecule has 1 aliphatic heterocycles. The van der Waals surface area contributed by atoms with Gasteiger partial charge >= 0.3 is 0 Å². The lowest BCUT2D eigenvalue weighted by Crippen LogP contribution is -2.46. The van der Waals surface area contributed by atoms with Crippen LogP contribution in [0.3, 0.4) is 0 Å². The maximum atomic E-state index is 2.60. The van der Waals surface area contributed by atoms with E-state index in [1.54, 1.807) is 0 Å². The van der Waals surface area contributed by atoms with Crippen LogP contribution in [0, 0.1) is 11.3 Å². The molecule has 0 amide bonds. The molecular weight excluding hydrogens is 182 g/mol.